The molecule has 1 unspecified atom stereocenters. The number of carbonyl (C=O) groups is 1. The van der Waals surface area contributed by atoms with Gasteiger partial charge in [0, 0.05) is 18.2 Å². The molecule has 0 aliphatic rings. The average molecular weight is 264 g/mol. The predicted molar refractivity (Wildman–Crippen MR) is 78.0 cm³/mol. The lowest BCUT2D eigenvalue weighted by Gasteiger charge is -2.14. The van der Waals surface area contributed by atoms with E-state index in [1.165, 1.54) is 0 Å². The van der Waals surface area contributed by atoms with E-state index < -0.39 is 0 Å². The number of nitrogens with two attached hydrogens (primary N) is 1. The number of phenolic OH excluding ortho intramolecular Hbond substituents is 1. The highest BCUT2D eigenvalue weighted by Crippen LogP contribution is 2.19. The van der Waals surface area contributed by atoms with Crippen molar-refractivity contribution in [3.8, 4) is 5.75 Å². The molecule has 4 N–H and O–H groups in total. The van der Waals surface area contributed by atoms with Crippen LogP contribution in [0.3, 0.4) is 0 Å². The normalized spacial score (nSPS) is 12.1. The molecule has 19 heavy (non-hydrogen) atoms. The molecule has 106 valence electrons. The highest BCUT2D eigenvalue weighted by molar-refractivity contribution is 5.90. The molecule has 0 fully saturated rings. The number of benzene rings is 1. The molecule has 0 aliphatic heterocycles. The van der Waals surface area contributed by atoms with Crippen molar-refractivity contribution >= 4 is 11.6 Å². The Labute approximate surface area is 115 Å². The van der Waals surface area contributed by atoms with Crippen LogP contribution in [0.1, 0.15) is 39.0 Å². The van der Waals surface area contributed by atoms with E-state index in [1.54, 1.807) is 24.3 Å². The highest BCUT2D eigenvalue weighted by Gasteiger charge is 2.10. The summed E-state index contributed by atoms with van der Waals surface area (Å²) < 4.78 is 0. The van der Waals surface area contributed by atoms with Gasteiger partial charge in [-0.15, -0.1) is 0 Å². The van der Waals surface area contributed by atoms with Crippen LogP contribution < -0.4 is 11.1 Å². The Morgan fingerprint density at radius 3 is 2.79 bits per heavy atom. The van der Waals surface area contributed by atoms with Gasteiger partial charge < -0.3 is 16.2 Å². The number of amides is 1. The molecule has 0 aromatic heterocycles. The Hall–Kier alpha value is -1.55. The standard InChI is InChI=1S/C15H24N2O2/c1-2-4-12(9-10-16)7-8-15(19)17-13-5-3-6-14(18)11-13/h3,5-6,11-12,18H,2,4,7-10,16H2,1H3,(H,17,19). The molecule has 4 heteroatoms. The fourth-order valence-electron chi connectivity index (χ4n) is 2.22. The smallest absolute Gasteiger partial charge is 0.224 e. The van der Waals surface area contributed by atoms with Crippen molar-refractivity contribution in [2.24, 2.45) is 11.7 Å². The van der Waals surface area contributed by atoms with Gasteiger partial charge in [0.15, 0.2) is 0 Å². The van der Waals surface area contributed by atoms with Gasteiger partial charge in [-0.1, -0.05) is 25.8 Å². The molecule has 4 nitrogen and oxygen atoms in total. The summed E-state index contributed by atoms with van der Waals surface area (Å²) >= 11 is 0. The zero-order chi connectivity index (χ0) is 14.1. The fraction of sp³-hybridized carbons (Fsp3) is 0.533. The van der Waals surface area contributed by atoms with Crippen LogP contribution in [0, 0.1) is 5.92 Å². The highest BCUT2D eigenvalue weighted by atomic mass is 16.3. The van der Waals surface area contributed by atoms with E-state index in [4.69, 9.17) is 5.73 Å². The minimum absolute atomic E-state index is 0.0104. The molecule has 1 aromatic rings. The molecule has 1 aromatic carbocycles. The fourth-order valence-corrected chi connectivity index (χ4v) is 2.22. The summed E-state index contributed by atoms with van der Waals surface area (Å²) in [6.45, 7) is 2.83. The first kappa shape index (κ1) is 15.5. The van der Waals surface area contributed by atoms with E-state index in [9.17, 15) is 9.90 Å². The Kier molecular flexibility index (Phi) is 6.97. The third-order valence-corrected chi connectivity index (χ3v) is 3.18. The van der Waals surface area contributed by atoms with Crippen LogP contribution in [-0.4, -0.2) is 17.6 Å². The predicted octanol–water partition coefficient (Wildman–Crippen LogP) is 2.88. The second-order valence-electron chi connectivity index (χ2n) is 4.87. The minimum atomic E-state index is -0.0104. The Bertz CT molecular complexity index is 387. The number of nitrogens with one attached hydrogen (secondary N) is 1. The molecular formula is C15H24N2O2. The van der Waals surface area contributed by atoms with E-state index in [0.717, 1.165) is 25.7 Å². The summed E-state index contributed by atoms with van der Waals surface area (Å²) in [6, 6.07) is 6.59. The van der Waals surface area contributed by atoms with Crippen LogP contribution >= 0.6 is 0 Å². The van der Waals surface area contributed by atoms with E-state index in [2.05, 4.69) is 12.2 Å². The van der Waals surface area contributed by atoms with Crippen LogP contribution in [0.15, 0.2) is 24.3 Å². The van der Waals surface area contributed by atoms with Crippen molar-refractivity contribution in [1.29, 1.82) is 0 Å². The first-order valence-corrected chi connectivity index (χ1v) is 6.94. The number of anilines is 1. The van der Waals surface area contributed by atoms with Gasteiger partial charge in [-0.3, -0.25) is 4.79 Å². The van der Waals surface area contributed by atoms with Crippen molar-refractivity contribution < 1.29 is 9.90 Å². The van der Waals surface area contributed by atoms with Gasteiger partial charge >= 0.3 is 0 Å². The summed E-state index contributed by atoms with van der Waals surface area (Å²) in [6.07, 6.45) is 4.60. The van der Waals surface area contributed by atoms with E-state index >= 15 is 0 Å². The molecule has 0 bridgehead atoms. The number of hydrogen-bond donors (Lipinski definition) is 3. The first-order valence-electron chi connectivity index (χ1n) is 6.94. The summed E-state index contributed by atoms with van der Waals surface area (Å²) in [4.78, 5) is 11.8. The maximum absolute atomic E-state index is 11.8. The third-order valence-electron chi connectivity index (χ3n) is 3.18. The van der Waals surface area contributed by atoms with Gasteiger partial charge in [-0.2, -0.15) is 0 Å². The monoisotopic (exact) mass is 264 g/mol. The SMILES string of the molecule is CCCC(CCN)CCC(=O)Nc1cccc(O)c1. The first-order chi connectivity index (χ1) is 9.15. The Balaban J connectivity index is 2.38. The molecule has 1 atom stereocenters. The number of carbonyl (C=O) groups excluding carboxylic acids is 1. The summed E-state index contributed by atoms with van der Waals surface area (Å²) in [7, 11) is 0. The Morgan fingerprint density at radius 1 is 1.37 bits per heavy atom. The lowest BCUT2D eigenvalue weighted by atomic mass is 9.94. The molecular weight excluding hydrogens is 240 g/mol. The zero-order valence-electron chi connectivity index (χ0n) is 11.6. The van der Waals surface area contributed by atoms with Crippen molar-refractivity contribution in [2.45, 2.75) is 39.0 Å². The molecule has 0 aliphatic carbocycles. The molecule has 0 spiro atoms. The molecule has 0 heterocycles. The van der Waals surface area contributed by atoms with E-state index in [0.29, 0.717) is 24.6 Å². The number of aromatic hydroxyl groups is 1. The van der Waals surface area contributed by atoms with Crippen molar-refractivity contribution in [2.75, 3.05) is 11.9 Å². The number of phenols is 1. The second-order valence-corrected chi connectivity index (χ2v) is 4.87. The molecule has 1 amide bonds. The van der Waals surface area contributed by atoms with Crippen LogP contribution in [-0.2, 0) is 4.79 Å². The van der Waals surface area contributed by atoms with Crippen molar-refractivity contribution in [3.63, 3.8) is 0 Å². The van der Waals surface area contributed by atoms with Crippen molar-refractivity contribution in [1.82, 2.24) is 0 Å². The average Bonchev–Trinajstić information content (AvgIpc) is 2.36. The summed E-state index contributed by atoms with van der Waals surface area (Å²) in [5.41, 5.74) is 6.21. The van der Waals surface area contributed by atoms with Crippen LogP contribution in [0.4, 0.5) is 5.69 Å². The van der Waals surface area contributed by atoms with Crippen molar-refractivity contribution in [3.05, 3.63) is 24.3 Å². The topological polar surface area (TPSA) is 75.4 Å². The van der Waals surface area contributed by atoms with Gasteiger partial charge in [-0.25, -0.2) is 0 Å². The molecule has 0 saturated carbocycles. The van der Waals surface area contributed by atoms with Crippen LogP contribution in [0.5, 0.6) is 5.75 Å². The number of rotatable bonds is 8. The van der Waals surface area contributed by atoms with E-state index in [-0.39, 0.29) is 11.7 Å². The van der Waals surface area contributed by atoms with Gasteiger partial charge in [-0.05, 0) is 37.4 Å². The molecule has 0 radical (unpaired) electrons. The largest absolute Gasteiger partial charge is 0.508 e. The molecule has 0 saturated heterocycles. The van der Waals surface area contributed by atoms with E-state index in [1.807, 2.05) is 0 Å². The number of hydrogen-bond acceptors (Lipinski definition) is 3. The van der Waals surface area contributed by atoms with Gasteiger partial charge in [0.2, 0.25) is 5.91 Å². The van der Waals surface area contributed by atoms with Crippen LogP contribution in [0.25, 0.3) is 0 Å². The lowest BCUT2D eigenvalue weighted by molar-refractivity contribution is -0.116. The molecule has 1 rings (SSSR count). The van der Waals surface area contributed by atoms with Crippen LogP contribution in [0.2, 0.25) is 0 Å². The summed E-state index contributed by atoms with van der Waals surface area (Å²) in [5, 5.41) is 12.1. The maximum atomic E-state index is 11.8. The second kappa shape index (κ2) is 8.53. The van der Waals surface area contributed by atoms with Gasteiger partial charge in [0.25, 0.3) is 0 Å². The lowest BCUT2D eigenvalue weighted by Crippen LogP contribution is -2.15. The Morgan fingerprint density at radius 2 is 2.16 bits per heavy atom. The maximum Gasteiger partial charge on any atom is 0.224 e. The third kappa shape index (κ3) is 6.25. The zero-order valence-corrected chi connectivity index (χ0v) is 11.6. The quantitative estimate of drug-likeness (QED) is 0.675. The minimum Gasteiger partial charge on any atom is -0.508 e. The van der Waals surface area contributed by atoms with Gasteiger partial charge in [0.1, 0.15) is 5.75 Å². The van der Waals surface area contributed by atoms with Gasteiger partial charge in [0.05, 0.1) is 0 Å². The summed E-state index contributed by atoms with van der Waals surface area (Å²) in [5.74, 6) is 0.679.